The van der Waals surface area contributed by atoms with Crippen molar-refractivity contribution < 1.29 is 23.6 Å². The fraction of sp³-hybridized carbons (Fsp3) is 0.278. The molecule has 24 heavy (non-hydrogen) atoms. The van der Waals surface area contributed by atoms with Crippen molar-refractivity contribution >= 4 is 11.6 Å². The molecule has 0 aliphatic rings. The normalized spacial score (nSPS) is 11.9. The van der Waals surface area contributed by atoms with Crippen molar-refractivity contribution in [3.05, 3.63) is 59.2 Å². The van der Waals surface area contributed by atoms with Crippen LogP contribution in [0, 0.1) is 18.6 Å². The first-order chi connectivity index (χ1) is 11.4. The molecule has 0 aromatic heterocycles. The molecule has 0 saturated heterocycles. The number of amides is 1. The maximum Gasteiger partial charge on any atom is 0.279 e. The van der Waals surface area contributed by atoms with Gasteiger partial charge in [-0.1, -0.05) is 6.07 Å². The Morgan fingerprint density at radius 1 is 1.21 bits per heavy atom. The summed E-state index contributed by atoms with van der Waals surface area (Å²) in [5.41, 5.74) is 2.23. The zero-order valence-electron chi connectivity index (χ0n) is 13.9. The van der Waals surface area contributed by atoms with E-state index in [0.717, 1.165) is 17.7 Å². The summed E-state index contributed by atoms with van der Waals surface area (Å²) in [6.45, 7) is 3.90. The lowest BCUT2D eigenvalue weighted by molar-refractivity contribution is -0.682. The van der Waals surface area contributed by atoms with E-state index in [1.54, 1.807) is 11.4 Å². The molecule has 0 saturated carbocycles. The SMILES string of the molecule is COc1ccc(C)cc1NC(=O)C[NH2+][C@H](C)c1ccc(F)c(F)c1. The number of anilines is 1. The predicted molar refractivity (Wildman–Crippen MR) is 87.9 cm³/mol. The maximum absolute atomic E-state index is 13.3. The molecular weight excluding hydrogens is 314 g/mol. The standard InChI is InChI=1S/C18H20F2N2O2/c1-11-4-7-17(24-3)16(8-11)22-18(23)10-21-12(2)13-5-6-14(19)15(20)9-13/h4-9,12,21H,10H2,1-3H3,(H,22,23)/p+1/t12-/m1/s1. The average Bonchev–Trinajstić information content (AvgIpc) is 2.55. The van der Waals surface area contributed by atoms with Gasteiger partial charge in [0.15, 0.2) is 18.2 Å². The summed E-state index contributed by atoms with van der Waals surface area (Å²) in [4.78, 5) is 12.1. The molecule has 6 heteroatoms. The maximum atomic E-state index is 13.3. The van der Waals surface area contributed by atoms with E-state index in [0.29, 0.717) is 17.0 Å². The van der Waals surface area contributed by atoms with E-state index in [9.17, 15) is 13.6 Å². The molecular formula is C18H21F2N2O2+. The molecule has 1 atom stereocenters. The molecule has 3 N–H and O–H groups in total. The van der Waals surface area contributed by atoms with E-state index >= 15 is 0 Å². The highest BCUT2D eigenvalue weighted by molar-refractivity contribution is 5.93. The van der Waals surface area contributed by atoms with Crippen molar-refractivity contribution in [1.82, 2.24) is 0 Å². The van der Waals surface area contributed by atoms with E-state index in [1.807, 2.05) is 26.0 Å². The largest absolute Gasteiger partial charge is 0.495 e. The molecule has 4 nitrogen and oxygen atoms in total. The van der Waals surface area contributed by atoms with Crippen LogP contribution in [0.3, 0.4) is 0 Å². The second-order valence-electron chi connectivity index (χ2n) is 5.65. The first kappa shape index (κ1) is 17.9. The van der Waals surface area contributed by atoms with Gasteiger partial charge in [0.05, 0.1) is 12.8 Å². The molecule has 0 unspecified atom stereocenters. The number of ether oxygens (including phenoxy) is 1. The summed E-state index contributed by atoms with van der Waals surface area (Å²) in [7, 11) is 1.54. The highest BCUT2D eigenvalue weighted by atomic mass is 19.2. The van der Waals surface area contributed by atoms with E-state index in [4.69, 9.17) is 4.74 Å². The number of hydrogen-bond donors (Lipinski definition) is 2. The van der Waals surface area contributed by atoms with Crippen LogP contribution < -0.4 is 15.4 Å². The summed E-state index contributed by atoms with van der Waals surface area (Å²) >= 11 is 0. The summed E-state index contributed by atoms with van der Waals surface area (Å²) in [5.74, 6) is -1.38. The number of halogens is 2. The molecule has 2 aromatic carbocycles. The first-order valence-corrected chi connectivity index (χ1v) is 7.63. The van der Waals surface area contributed by atoms with Crippen LogP contribution in [0.15, 0.2) is 36.4 Å². The number of quaternary nitrogens is 1. The molecule has 0 fully saturated rings. The van der Waals surface area contributed by atoms with Gasteiger partial charge >= 0.3 is 0 Å². The molecule has 0 aliphatic carbocycles. The number of nitrogens with two attached hydrogens (primary N) is 1. The second-order valence-corrected chi connectivity index (χ2v) is 5.65. The van der Waals surface area contributed by atoms with Crippen LogP contribution in [0.2, 0.25) is 0 Å². The third-order valence-electron chi connectivity index (χ3n) is 3.76. The third-order valence-corrected chi connectivity index (χ3v) is 3.76. The minimum absolute atomic E-state index is 0.150. The van der Waals surface area contributed by atoms with Crippen molar-refractivity contribution in [2.75, 3.05) is 19.0 Å². The lowest BCUT2D eigenvalue weighted by Gasteiger charge is -2.13. The van der Waals surface area contributed by atoms with E-state index < -0.39 is 11.6 Å². The topological polar surface area (TPSA) is 54.9 Å². The highest BCUT2D eigenvalue weighted by Crippen LogP contribution is 2.24. The van der Waals surface area contributed by atoms with Crippen molar-refractivity contribution in [3.8, 4) is 5.75 Å². The predicted octanol–water partition coefficient (Wildman–Crippen LogP) is 2.54. The van der Waals surface area contributed by atoms with Gasteiger partial charge in [0, 0.05) is 5.56 Å². The zero-order valence-corrected chi connectivity index (χ0v) is 13.9. The van der Waals surface area contributed by atoms with Crippen molar-refractivity contribution in [1.29, 1.82) is 0 Å². The van der Waals surface area contributed by atoms with E-state index in [2.05, 4.69) is 5.32 Å². The summed E-state index contributed by atoms with van der Waals surface area (Å²) in [6, 6.07) is 9.09. The van der Waals surface area contributed by atoms with Gasteiger partial charge in [0.1, 0.15) is 11.8 Å². The van der Waals surface area contributed by atoms with Crippen molar-refractivity contribution in [2.45, 2.75) is 19.9 Å². The number of hydrogen-bond acceptors (Lipinski definition) is 2. The second kappa shape index (κ2) is 7.88. The monoisotopic (exact) mass is 335 g/mol. The first-order valence-electron chi connectivity index (χ1n) is 7.63. The Bertz CT molecular complexity index is 735. The number of carbonyl (C=O) groups excluding carboxylic acids is 1. The number of rotatable bonds is 6. The van der Waals surface area contributed by atoms with Gasteiger partial charge in [-0.05, 0) is 49.7 Å². The van der Waals surface area contributed by atoms with Crippen LogP contribution >= 0.6 is 0 Å². The molecule has 0 aliphatic heterocycles. The smallest absolute Gasteiger partial charge is 0.279 e. The number of carbonyl (C=O) groups is 1. The minimum atomic E-state index is -0.887. The number of aryl methyl sites for hydroxylation is 1. The minimum Gasteiger partial charge on any atom is -0.495 e. The van der Waals surface area contributed by atoms with Gasteiger partial charge in [-0.25, -0.2) is 8.78 Å². The Hall–Kier alpha value is -2.47. The summed E-state index contributed by atoms with van der Waals surface area (Å²) < 4.78 is 31.4. The van der Waals surface area contributed by atoms with Crippen LogP contribution in [-0.4, -0.2) is 19.6 Å². The Morgan fingerprint density at radius 2 is 1.96 bits per heavy atom. The zero-order chi connectivity index (χ0) is 17.7. The van der Waals surface area contributed by atoms with E-state index in [-0.39, 0.29) is 18.5 Å². The summed E-state index contributed by atoms with van der Waals surface area (Å²) in [5, 5.41) is 4.55. The Balaban J connectivity index is 1.95. The van der Waals surface area contributed by atoms with Gasteiger partial charge in [-0.2, -0.15) is 0 Å². The van der Waals surface area contributed by atoms with Crippen molar-refractivity contribution in [3.63, 3.8) is 0 Å². The van der Waals surface area contributed by atoms with Gasteiger partial charge in [0.2, 0.25) is 0 Å². The Labute approximate surface area is 139 Å². The van der Waals surface area contributed by atoms with E-state index in [1.165, 1.54) is 13.2 Å². The van der Waals surface area contributed by atoms with Gasteiger partial charge in [-0.3, -0.25) is 4.79 Å². The van der Waals surface area contributed by atoms with Crippen LogP contribution in [0.5, 0.6) is 5.75 Å². The van der Waals surface area contributed by atoms with Gasteiger partial charge in [-0.15, -0.1) is 0 Å². The lowest BCUT2D eigenvalue weighted by Crippen LogP contribution is -2.86. The van der Waals surface area contributed by atoms with Crippen LogP contribution in [-0.2, 0) is 4.79 Å². The Morgan fingerprint density at radius 3 is 2.62 bits per heavy atom. The molecule has 2 aromatic rings. The summed E-state index contributed by atoms with van der Waals surface area (Å²) in [6.07, 6.45) is 0. The molecule has 0 spiro atoms. The van der Waals surface area contributed by atoms with Crippen LogP contribution in [0.25, 0.3) is 0 Å². The van der Waals surface area contributed by atoms with Gasteiger partial charge < -0.3 is 15.4 Å². The fourth-order valence-electron chi connectivity index (χ4n) is 2.34. The third kappa shape index (κ3) is 4.52. The van der Waals surface area contributed by atoms with Gasteiger partial charge in [0.25, 0.3) is 5.91 Å². The average molecular weight is 335 g/mol. The molecule has 0 heterocycles. The molecule has 0 bridgehead atoms. The lowest BCUT2D eigenvalue weighted by atomic mass is 10.1. The van der Waals surface area contributed by atoms with Crippen LogP contribution in [0.1, 0.15) is 24.1 Å². The fourth-order valence-corrected chi connectivity index (χ4v) is 2.34. The van der Waals surface area contributed by atoms with Crippen molar-refractivity contribution in [2.24, 2.45) is 0 Å². The number of methoxy groups -OCH3 is 1. The molecule has 128 valence electrons. The quantitative estimate of drug-likeness (QED) is 0.852. The molecule has 1 amide bonds. The van der Waals surface area contributed by atoms with Crippen LogP contribution in [0.4, 0.5) is 14.5 Å². The molecule has 2 rings (SSSR count). The number of benzene rings is 2. The highest BCUT2D eigenvalue weighted by Gasteiger charge is 2.15. The Kier molecular flexibility index (Phi) is 5.87. The number of nitrogens with one attached hydrogen (secondary N) is 1. The molecule has 0 radical (unpaired) electrons.